The second-order valence-corrected chi connectivity index (χ2v) is 5.97. The van der Waals surface area contributed by atoms with Gasteiger partial charge in [-0.05, 0) is 43.0 Å². The van der Waals surface area contributed by atoms with Crippen molar-refractivity contribution in [2.75, 3.05) is 0 Å². The van der Waals surface area contributed by atoms with Gasteiger partial charge in [0.05, 0.1) is 11.3 Å². The van der Waals surface area contributed by atoms with E-state index in [0.717, 1.165) is 23.5 Å². The number of imide groups is 1. The molecule has 2 rings (SSSR count). The number of nitrogens with one attached hydrogen (secondary N) is 1. The molecule has 0 fully saturated rings. The molecule has 0 radical (unpaired) electrons. The van der Waals surface area contributed by atoms with Gasteiger partial charge in [0, 0.05) is 12.0 Å². The predicted molar refractivity (Wildman–Crippen MR) is 90.6 cm³/mol. The van der Waals surface area contributed by atoms with Crippen LogP contribution in [0.15, 0.2) is 41.7 Å². The van der Waals surface area contributed by atoms with Gasteiger partial charge in [-0.15, -0.1) is 0 Å². The monoisotopic (exact) mass is 313 g/mol. The molecule has 0 unspecified atom stereocenters. The van der Waals surface area contributed by atoms with Gasteiger partial charge in [-0.25, -0.2) is 0 Å². The molecule has 2 amide bonds. The van der Waals surface area contributed by atoms with Gasteiger partial charge in [-0.2, -0.15) is 0 Å². The molecule has 1 N–H and O–H groups in total. The van der Waals surface area contributed by atoms with Crippen molar-refractivity contribution in [1.82, 2.24) is 5.32 Å². The summed E-state index contributed by atoms with van der Waals surface area (Å²) in [5.74, 6) is 1.33. The second-order valence-electron chi connectivity index (χ2n) is 5.97. The minimum atomic E-state index is -0.318. The van der Waals surface area contributed by atoms with Gasteiger partial charge in [0.15, 0.2) is 0 Å². The van der Waals surface area contributed by atoms with Crippen LogP contribution >= 0.6 is 0 Å². The molecule has 122 valence electrons. The molecule has 1 heterocycles. The quantitative estimate of drug-likeness (QED) is 0.641. The van der Waals surface area contributed by atoms with Crippen molar-refractivity contribution in [2.45, 2.75) is 40.5 Å². The summed E-state index contributed by atoms with van der Waals surface area (Å²) in [6.45, 7) is 8.02. The summed E-state index contributed by atoms with van der Waals surface area (Å²) in [4.78, 5) is 24.1. The highest BCUT2D eigenvalue weighted by Gasteiger charge is 2.31. The fourth-order valence-corrected chi connectivity index (χ4v) is 2.58. The Bertz CT molecular complexity index is 666. The van der Waals surface area contributed by atoms with E-state index in [-0.39, 0.29) is 11.8 Å². The van der Waals surface area contributed by atoms with Crippen LogP contribution < -0.4 is 10.1 Å². The summed E-state index contributed by atoms with van der Waals surface area (Å²) in [5.41, 5.74) is 1.80. The smallest absolute Gasteiger partial charge is 0.259 e. The number of carbonyl (C=O) groups excluding carboxylic acids is 2. The van der Waals surface area contributed by atoms with E-state index in [1.807, 2.05) is 58.0 Å². The predicted octanol–water partition coefficient (Wildman–Crippen LogP) is 3.84. The first kappa shape index (κ1) is 17.0. The highest BCUT2D eigenvalue weighted by molar-refractivity contribution is 6.35. The van der Waals surface area contributed by atoms with Crippen molar-refractivity contribution in [1.29, 1.82) is 0 Å². The molecular weight excluding hydrogens is 290 g/mol. The maximum atomic E-state index is 12.1. The molecule has 1 aromatic rings. The molecule has 4 nitrogen and oxygen atoms in total. The van der Waals surface area contributed by atoms with E-state index in [0.29, 0.717) is 23.5 Å². The molecule has 1 aliphatic rings. The van der Waals surface area contributed by atoms with Gasteiger partial charge in [0.2, 0.25) is 0 Å². The average molecular weight is 313 g/mol. The van der Waals surface area contributed by atoms with E-state index in [2.05, 4.69) is 5.32 Å². The molecular formula is C19H23NO3. The number of benzene rings is 1. The Balaban J connectivity index is 2.31. The number of amides is 2. The third-order valence-electron chi connectivity index (χ3n) is 3.70. The number of hydrogen-bond donors (Lipinski definition) is 1. The molecule has 0 aliphatic carbocycles. The number of carbonyl (C=O) groups is 2. The van der Waals surface area contributed by atoms with Gasteiger partial charge in [-0.3, -0.25) is 14.9 Å². The first-order valence-corrected chi connectivity index (χ1v) is 7.98. The van der Waals surface area contributed by atoms with Crippen molar-refractivity contribution >= 4 is 17.4 Å². The average Bonchev–Trinajstić information content (AvgIpc) is 2.79. The van der Waals surface area contributed by atoms with Crippen LogP contribution in [0.4, 0.5) is 0 Å². The van der Waals surface area contributed by atoms with Crippen LogP contribution in [0, 0.1) is 5.92 Å². The molecule has 0 bridgehead atoms. The minimum Gasteiger partial charge on any atom is -0.462 e. The Morgan fingerprint density at radius 2 is 1.83 bits per heavy atom. The lowest BCUT2D eigenvalue weighted by Crippen LogP contribution is -2.23. The van der Waals surface area contributed by atoms with Crippen LogP contribution in [0.3, 0.4) is 0 Å². The highest BCUT2D eigenvalue weighted by Crippen LogP contribution is 2.29. The lowest BCUT2D eigenvalue weighted by Gasteiger charge is -2.10. The zero-order valence-electron chi connectivity index (χ0n) is 14.1. The summed E-state index contributed by atoms with van der Waals surface area (Å²) in [5, 5.41) is 2.39. The van der Waals surface area contributed by atoms with Crippen molar-refractivity contribution in [3.05, 3.63) is 47.2 Å². The van der Waals surface area contributed by atoms with E-state index in [1.165, 1.54) is 0 Å². The van der Waals surface area contributed by atoms with Gasteiger partial charge >= 0.3 is 0 Å². The Labute approximate surface area is 137 Å². The summed E-state index contributed by atoms with van der Waals surface area (Å²) in [7, 11) is 0. The standard InChI is InChI=1S/C19H23NO3/c1-5-14(6-2)23-15-9-7-13(8-10-15)17-16(11-12(3)4)18(21)20-19(17)22/h5,7-10,12H,6,11H2,1-4H3,(H,20,21,22). The first-order chi connectivity index (χ1) is 11.0. The van der Waals surface area contributed by atoms with E-state index in [9.17, 15) is 9.59 Å². The van der Waals surface area contributed by atoms with Crippen LogP contribution in [0.5, 0.6) is 5.75 Å². The molecule has 23 heavy (non-hydrogen) atoms. The van der Waals surface area contributed by atoms with Crippen molar-refractivity contribution < 1.29 is 14.3 Å². The van der Waals surface area contributed by atoms with E-state index in [4.69, 9.17) is 4.74 Å². The number of ether oxygens (including phenoxy) is 1. The molecule has 4 heteroatoms. The van der Waals surface area contributed by atoms with Gasteiger partial charge < -0.3 is 4.74 Å². The lowest BCUT2D eigenvalue weighted by atomic mass is 9.95. The Morgan fingerprint density at radius 1 is 1.17 bits per heavy atom. The Kier molecular flexibility index (Phi) is 5.37. The molecule has 0 saturated heterocycles. The number of rotatable bonds is 6. The third kappa shape index (κ3) is 3.89. The number of hydrogen-bond acceptors (Lipinski definition) is 3. The topological polar surface area (TPSA) is 55.4 Å². The molecule has 1 aromatic carbocycles. The fraction of sp³-hybridized carbons (Fsp3) is 0.368. The van der Waals surface area contributed by atoms with Crippen molar-refractivity contribution in [3.63, 3.8) is 0 Å². The molecule has 0 saturated carbocycles. The van der Waals surface area contributed by atoms with Crippen molar-refractivity contribution in [3.8, 4) is 5.75 Å². The SMILES string of the molecule is CC=C(CC)Oc1ccc(C2=C(CC(C)C)C(=O)NC2=O)cc1. The van der Waals surface area contributed by atoms with Crippen LogP contribution in [0.25, 0.3) is 5.57 Å². The van der Waals surface area contributed by atoms with Crippen molar-refractivity contribution in [2.24, 2.45) is 5.92 Å². The number of allylic oxidation sites excluding steroid dienone is 2. The highest BCUT2D eigenvalue weighted by atomic mass is 16.5. The van der Waals surface area contributed by atoms with E-state index >= 15 is 0 Å². The maximum Gasteiger partial charge on any atom is 0.259 e. The molecule has 0 atom stereocenters. The molecule has 1 aliphatic heterocycles. The minimum absolute atomic E-state index is 0.277. The van der Waals surface area contributed by atoms with Gasteiger partial charge in [-0.1, -0.05) is 32.9 Å². The Morgan fingerprint density at radius 3 is 2.35 bits per heavy atom. The normalized spacial score (nSPS) is 15.4. The van der Waals surface area contributed by atoms with Crippen LogP contribution in [0.1, 0.15) is 46.1 Å². The largest absolute Gasteiger partial charge is 0.462 e. The van der Waals surface area contributed by atoms with Gasteiger partial charge in [0.1, 0.15) is 5.75 Å². The third-order valence-corrected chi connectivity index (χ3v) is 3.70. The fourth-order valence-electron chi connectivity index (χ4n) is 2.58. The Hall–Kier alpha value is -2.36. The van der Waals surface area contributed by atoms with Gasteiger partial charge in [0.25, 0.3) is 11.8 Å². The summed E-state index contributed by atoms with van der Waals surface area (Å²) in [6.07, 6.45) is 3.34. The molecule has 0 aromatic heterocycles. The van der Waals surface area contributed by atoms with Crippen LogP contribution in [-0.2, 0) is 9.59 Å². The summed E-state index contributed by atoms with van der Waals surface area (Å²) in [6, 6.07) is 7.30. The second kappa shape index (κ2) is 7.27. The van der Waals surface area contributed by atoms with E-state index in [1.54, 1.807) is 0 Å². The summed E-state index contributed by atoms with van der Waals surface area (Å²) < 4.78 is 5.75. The van der Waals surface area contributed by atoms with Crippen LogP contribution in [0.2, 0.25) is 0 Å². The first-order valence-electron chi connectivity index (χ1n) is 7.98. The molecule has 0 spiro atoms. The van der Waals surface area contributed by atoms with Crippen LogP contribution in [-0.4, -0.2) is 11.8 Å². The zero-order chi connectivity index (χ0) is 17.0. The zero-order valence-corrected chi connectivity index (χ0v) is 14.1. The van der Waals surface area contributed by atoms with E-state index < -0.39 is 0 Å². The lowest BCUT2D eigenvalue weighted by molar-refractivity contribution is -0.123. The summed E-state index contributed by atoms with van der Waals surface area (Å²) >= 11 is 0. The maximum absolute atomic E-state index is 12.1.